The Morgan fingerprint density at radius 3 is 2.58 bits per heavy atom. The number of carbonyl (C=O) groups is 2. The molecule has 4 aliphatic carbocycles. The molecule has 0 aromatic heterocycles. The van der Waals surface area contributed by atoms with Gasteiger partial charge in [0.15, 0.2) is 11.6 Å². The Balaban J connectivity index is 1.33. The second-order valence-electron chi connectivity index (χ2n) is 12.4. The van der Waals surface area contributed by atoms with Crippen molar-refractivity contribution >= 4 is 11.6 Å². The first kappa shape index (κ1) is 20.6. The van der Waals surface area contributed by atoms with E-state index in [9.17, 15) is 9.59 Å². The van der Waals surface area contributed by atoms with Gasteiger partial charge in [-0.2, -0.15) is 0 Å². The van der Waals surface area contributed by atoms with E-state index in [-0.39, 0.29) is 34.6 Å². The van der Waals surface area contributed by atoms with Gasteiger partial charge in [0.2, 0.25) is 0 Å². The highest BCUT2D eigenvalue weighted by Gasteiger charge is 2.71. The van der Waals surface area contributed by atoms with E-state index in [4.69, 9.17) is 9.47 Å². The molecule has 1 spiro atoms. The van der Waals surface area contributed by atoms with Gasteiger partial charge in [0, 0.05) is 36.5 Å². The number of ether oxygens (including phenoxy) is 2. The Kier molecular flexibility index (Phi) is 4.34. The van der Waals surface area contributed by atoms with Crippen LogP contribution in [0.5, 0.6) is 0 Å². The second-order valence-corrected chi connectivity index (χ2v) is 12.4. The van der Waals surface area contributed by atoms with Crippen molar-refractivity contribution in [1.29, 1.82) is 0 Å². The molecule has 10 atom stereocenters. The lowest BCUT2D eigenvalue weighted by Crippen LogP contribution is -2.56. The van der Waals surface area contributed by atoms with Crippen LogP contribution in [0, 0.1) is 46.3 Å². The van der Waals surface area contributed by atoms with Crippen LogP contribution in [0.4, 0.5) is 0 Å². The maximum absolute atomic E-state index is 14.0. The van der Waals surface area contributed by atoms with Crippen molar-refractivity contribution in [2.45, 2.75) is 91.0 Å². The number of carbonyl (C=O) groups excluding carboxylic acids is 2. The SMILES string of the molecule is CC1C2C(C[C@H]3[C@@H]4CCC5=CC(=O)CC[C@]5(C)[C@H]4CC(=O)[C@]23C)O[C@]12CC[C@@H](C)CO2. The number of allylic oxidation sites excluding steroid dienone is 1. The van der Waals surface area contributed by atoms with Crippen LogP contribution in [0.2, 0.25) is 0 Å². The lowest BCUT2D eigenvalue weighted by atomic mass is 9.46. The number of hydrogen-bond donors (Lipinski definition) is 0. The van der Waals surface area contributed by atoms with Crippen LogP contribution in [-0.2, 0) is 19.1 Å². The molecule has 5 fully saturated rings. The summed E-state index contributed by atoms with van der Waals surface area (Å²) in [6.45, 7) is 9.95. The van der Waals surface area contributed by atoms with Gasteiger partial charge >= 0.3 is 0 Å². The first-order valence-electron chi connectivity index (χ1n) is 12.8. The molecule has 3 unspecified atom stereocenters. The second kappa shape index (κ2) is 6.53. The predicted octanol–water partition coefficient (Wildman–Crippen LogP) is 5.10. The molecule has 170 valence electrons. The van der Waals surface area contributed by atoms with Crippen LogP contribution >= 0.6 is 0 Å². The van der Waals surface area contributed by atoms with E-state index in [1.54, 1.807) is 0 Å². The number of rotatable bonds is 0. The fourth-order valence-electron chi connectivity index (χ4n) is 9.26. The van der Waals surface area contributed by atoms with E-state index in [2.05, 4.69) is 27.7 Å². The molecule has 31 heavy (non-hydrogen) atoms. The van der Waals surface area contributed by atoms with Crippen LogP contribution in [0.15, 0.2) is 11.6 Å². The summed E-state index contributed by atoms with van der Waals surface area (Å²) in [6.07, 6.45) is 9.59. The molecular formula is C27H38O4. The fraction of sp³-hybridized carbons (Fsp3) is 0.852. The maximum Gasteiger partial charge on any atom is 0.171 e. The van der Waals surface area contributed by atoms with Crippen molar-refractivity contribution in [3.63, 3.8) is 0 Å². The zero-order chi connectivity index (χ0) is 21.8. The number of ketones is 2. The highest BCUT2D eigenvalue weighted by molar-refractivity contribution is 5.92. The molecule has 0 radical (unpaired) electrons. The van der Waals surface area contributed by atoms with Gasteiger partial charge in [-0.1, -0.05) is 33.3 Å². The number of fused-ring (bicyclic) bond motifs is 7. The Bertz CT molecular complexity index is 851. The molecule has 0 aromatic rings. The smallest absolute Gasteiger partial charge is 0.171 e. The Morgan fingerprint density at radius 1 is 1.03 bits per heavy atom. The van der Waals surface area contributed by atoms with Gasteiger partial charge < -0.3 is 9.47 Å². The Labute approximate surface area is 186 Å². The third kappa shape index (κ3) is 2.55. The van der Waals surface area contributed by atoms with Crippen molar-refractivity contribution in [1.82, 2.24) is 0 Å². The summed E-state index contributed by atoms with van der Waals surface area (Å²) >= 11 is 0. The van der Waals surface area contributed by atoms with E-state index in [1.807, 2.05) is 6.08 Å². The van der Waals surface area contributed by atoms with E-state index >= 15 is 0 Å². The first-order valence-corrected chi connectivity index (χ1v) is 12.8. The lowest BCUT2D eigenvalue weighted by molar-refractivity contribution is -0.272. The van der Waals surface area contributed by atoms with E-state index in [0.29, 0.717) is 42.3 Å². The molecule has 2 heterocycles. The summed E-state index contributed by atoms with van der Waals surface area (Å²) < 4.78 is 13.2. The van der Waals surface area contributed by atoms with Crippen molar-refractivity contribution in [2.75, 3.05) is 6.61 Å². The van der Waals surface area contributed by atoms with Gasteiger partial charge in [-0.3, -0.25) is 9.59 Å². The summed E-state index contributed by atoms with van der Waals surface area (Å²) in [6, 6.07) is 0. The minimum Gasteiger partial charge on any atom is -0.349 e. The molecule has 0 bridgehead atoms. The van der Waals surface area contributed by atoms with Gasteiger partial charge in [0.25, 0.3) is 0 Å². The van der Waals surface area contributed by atoms with E-state index in [0.717, 1.165) is 45.1 Å². The first-order chi connectivity index (χ1) is 14.7. The monoisotopic (exact) mass is 426 g/mol. The molecule has 6 aliphatic rings. The summed E-state index contributed by atoms with van der Waals surface area (Å²) in [4.78, 5) is 26.0. The van der Waals surface area contributed by atoms with Crippen molar-refractivity contribution in [2.24, 2.45) is 46.3 Å². The average molecular weight is 427 g/mol. The predicted molar refractivity (Wildman–Crippen MR) is 117 cm³/mol. The summed E-state index contributed by atoms with van der Waals surface area (Å²) in [5.74, 6) is 2.78. The van der Waals surface area contributed by atoms with Crippen molar-refractivity contribution in [3.8, 4) is 0 Å². The normalized spacial score (nSPS) is 56.0. The Morgan fingerprint density at radius 2 is 1.84 bits per heavy atom. The minimum absolute atomic E-state index is 0.0296. The summed E-state index contributed by atoms with van der Waals surface area (Å²) in [7, 11) is 0. The third-order valence-electron chi connectivity index (χ3n) is 11.1. The van der Waals surface area contributed by atoms with Gasteiger partial charge in [0.05, 0.1) is 12.7 Å². The highest BCUT2D eigenvalue weighted by atomic mass is 16.7. The average Bonchev–Trinajstić information content (AvgIpc) is 3.18. The molecule has 0 aromatic carbocycles. The van der Waals surface area contributed by atoms with Crippen LogP contribution in [-0.4, -0.2) is 30.1 Å². The fourth-order valence-corrected chi connectivity index (χ4v) is 9.26. The molecule has 0 N–H and O–H groups in total. The van der Waals surface area contributed by atoms with Crippen LogP contribution < -0.4 is 0 Å². The summed E-state index contributed by atoms with van der Waals surface area (Å²) in [5, 5.41) is 0. The quantitative estimate of drug-likeness (QED) is 0.541. The molecule has 6 rings (SSSR count). The molecule has 2 saturated heterocycles. The molecule has 0 amide bonds. The van der Waals surface area contributed by atoms with Gasteiger partial charge in [-0.15, -0.1) is 0 Å². The molecule has 4 nitrogen and oxygen atoms in total. The van der Waals surface area contributed by atoms with E-state index < -0.39 is 5.79 Å². The Hall–Kier alpha value is -1.00. The maximum atomic E-state index is 14.0. The number of hydrogen-bond acceptors (Lipinski definition) is 4. The summed E-state index contributed by atoms with van der Waals surface area (Å²) in [5.41, 5.74) is 1.07. The van der Waals surface area contributed by atoms with Crippen molar-refractivity contribution < 1.29 is 19.1 Å². The van der Waals surface area contributed by atoms with Crippen LogP contribution in [0.3, 0.4) is 0 Å². The van der Waals surface area contributed by atoms with Gasteiger partial charge in [-0.25, -0.2) is 0 Å². The molecule has 3 saturated carbocycles. The third-order valence-corrected chi connectivity index (χ3v) is 11.1. The molecule has 2 aliphatic heterocycles. The molecule has 4 heteroatoms. The number of Topliss-reactive ketones (excluding diaryl/α,β-unsaturated/α-hetero) is 1. The largest absolute Gasteiger partial charge is 0.349 e. The van der Waals surface area contributed by atoms with Gasteiger partial charge in [-0.05, 0) is 67.3 Å². The highest BCUT2D eigenvalue weighted by Crippen LogP contribution is 2.69. The van der Waals surface area contributed by atoms with Crippen LogP contribution in [0.1, 0.15) is 79.1 Å². The topological polar surface area (TPSA) is 52.6 Å². The minimum atomic E-state index is -0.467. The van der Waals surface area contributed by atoms with Crippen LogP contribution in [0.25, 0.3) is 0 Å². The molecular weight excluding hydrogens is 388 g/mol. The zero-order valence-corrected chi connectivity index (χ0v) is 19.6. The van der Waals surface area contributed by atoms with Gasteiger partial charge in [0.1, 0.15) is 5.78 Å². The standard InChI is InChI=1S/C27H38O4/c1-15-7-10-27(30-14-15)16(2)24-22(31-27)12-21-19-6-5-17-11-18(28)8-9-25(17,3)20(19)13-23(29)26(21,24)4/h11,15-16,19-22,24H,5-10,12-14H2,1-4H3/t15-,16?,19-,20+,21+,22?,24?,25+,26-,27-/m1/s1. The lowest BCUT2D eigenvalue weighted by Gasteiger charge is -2.57. The zero-order valence-electron chi connectivity index (χ0n) is 19.6. The van der Waals surface area contributed by atoms with Crippen molar-refractivity contribution in [3.05, 3.63) is 11.6 Å². The van der Waals surface area contributed by atoms with E-state index in [1.165, 1.54) is 5.57 Å².